The average Bonchev–Trinajstić information content (AvgIpc) is 2.13. The Morgan fingerprint density at radius 1 is 1.47 bits per heavy atom. The standard InChI is InChI=1S/C8H6BrF3N2O/c9-6-3-1-2-5(14-6)7(15)13-4-8(10,11)12/h1-3H,4H2,(H,13,15). The molecule has 0 aliphatic carbocycles. The molecule has 0 unspecified atom stereocenters. The lowest BCUT2D eigenvalue weighted by Crippen LogP contribution is -2.34. The molecule has 0 aromatic carbocycles. The summed E-state index contributed by atoms with van der Waals surface area (Å²) in [7, 11) is 0. The van der Waals surface area contributed by atoms with E-state index in [1.165, 1.54) is 12.1 Å². The van der Waals surface area contributed by atoms with Crippen LogP contribution in [-0.4, -0.2) is 23.6 Å². The molecule has 0 radical (unpaired) electrons. The largest absolute Gasteiger partial charge is 0.405 e. The number of amides is 1. The van der Waals surface area contributed by atoms with Crippen molar-refractivity contribution in [3.8, 4) is 0 Å². The zero-order chi connectivity index (χ0) is 11.5. The second-order valence-electron chi connectivity index (χ2n) is 2.64. The first kappa shape index (κ1) is 12.0. The highest BCUT2D eigenvalue weighted by Gasteiger charge is 2.28. The van der Waals surface area contributed by atoms with Gasteiger partial charge in [0.1, 0.15) is 16.8 Å². The molecule has 0 saturated carbocycles. The third-order valence-corrected chi connectivity index (χ3v) is 1.84. The van der Waals surface area contributed by atoms with Crippen molar-refractivity contribution >= 4 is 21.8 Å². The van der Waals surface area contributed by atoms with Crippen LogP contribution in [0.4, 0.5) is 13.2 Å². The van der Waals surface area contributed by atoms with Gasteiger partial charge in [0.2, 0.25) is 0 Å². The summed E-state index contributed by atoms with van der Waals surface area (Å²) in [4.78, 5) is 14.9. The van der Waals surface area contributed by atoms with Gasteiger partial charge in [-0.15, -0.1) is 0 Å². The molecule has 7 heteroatoms. The van der Waals surface area contributed by atoms with Crippen molar-refractivity contribution in [3.05, 3.63) is 28.5 Å². The minimum Gasteiger partial charge on any atom is -0.342 e. The summed E-state index contributed by atoms with van der Waals surface area (Å²) in [5.74, 6) is -0.853. The molecule has 1 rings (SSSR count). The van der Waals surface area contributed by atoms with Crippen LogP contribution in [-0.2, 0) is 0 Å². The molecule has 1 N–H and O–H groups in total. The van der Waals surface area contributed by atoms with Crippen LogP contribution >= 0.6 is 15.9 Å². The molecule has 1 amide bonds. The van der Waals surface area contributed by atoms with E-state index in [0.717, 1.165) is 0 Å². The minimum absolute atomic E-state index is 0.0615. The molecular weight excluding hydrogens is 277 g/mol. The molecule has 0 saturated heterocycles. The molecule has 3 nitrogen and oxygen atoms in total. The van der Waals surface area contributed by atoms with Crippen molar-refractivity contribution in [2.24, 2.45) is 0 Å². The lowest BCUT2D eigenvalue weighted by atomic mass is 10.3. The molecule has 1 aromatic heterocycles. The van der Waals surface area contributed by atoms with Crippen molar-refractivity contribution in [1.29, 1.82) is 0 Å². The summed E-state index contributed by atoms with van der Waals surface area (Å²) in [6.07, 6.45) is -4.42. The Bertz CT molecular complexity index is 367. The van der Waals surface area contributed by atoms with Crippen LogP contribution in [0.25, 0.3) is 0 Å². The van der Waals surface area contributed by atoms with Gasteiger partial charge in [-0.25, -0.2) is 4.98 Å². The molecule has 1 heterocycles. The number of halogens is 4. The number of pyridine rings is 1. The molecule has 0 bridgehead atoms. The molecule has 0 fully saturated rings. The summed E-state index contributed by atoms with van der Waals surface area (Å²) < 4.78 is 35.7. The van der Waals surface area contributed by atoms with Crippen molar-refractivity contribution in [1.82, 2.24) is 10.3 Å². The van der Waals surface area contributed by atoms with Gasteiger partial charge < -0.3 is 5.32 Å². The normalized spacial score (nSPS) is 11.2. The highest BCUT2D eigenvalue weighted by Crippen LogP contribution is 2.12. The van der Waals surface area contributed by atoms with Gasteiger partial charge in [-0.3, -0.25) is 4.79 Å². The lowest BCUT2D eigenvalue weighted by Gasteiger charge is -2.07. The topological polar surface area (TPSA) is 42.0 Å². The van der Waals surface area contributed by atoms with E-state index in [0.29, 0.717) is 4.60 Å². The van der Waals surface area contributed by atoms with Crippen molar-refractivity contribution in [2.45, 2.75) is 6.18 Å². The number of alkyl halides is 3. The molecule has 0 atom stereocenters. The fourth-order valence-electron chi connectivity index (χ4n) is 0.806. The summed E-state index contributed by atoms with van der Waals surface area (Å²) in [5, 5.41) is 1.72. The fraction of sp³-hybridized carbons (Fsp3) is 0.250. The Hall–Kier alpha value is -1.11. The van der Waals surface area contributed by atoms with E-state index >= 15 is 0 Å². The van der Waals surface area contributed by atoms with E-state index in [1.54, 1.807) is 11.4 Å². The van der Waals surface area contributed by atoms with Crippen molar-refractivity contribution in [2.75, 3.05) is 6.54 Å². The third kappa shape index (κ3) is 4.28. The Morgan fingerprint density at radius 3 is 2.67 bits per heavy atom. The molecule has 15 heavy (non-hydrogen) atoms. The average molecular weight is 283 g/mol. The van der Waals surface area contributed by atoms with Gasteiger partial charge in [0, 0.05) is 0 Å². The first-order chi connectivity index (χ1) is 6.88. The highest BCUT2D eigenvalue weighted by atomic mass is 79.9. The van der Waals surface area contributed by atoms with Crippen LogP contribution in [0.2, 0.25) is 0 Å². The summed E-state index contributed by atoms with van der Waals surface area (Å²) in [6, 6.07) is 4.41. The lowest BCUT2D eigenvalue weighted by molar-refractivity contribution is -0.123. The predicted molar refractivity (Wildman–Crippen MR) is 50.3 cm³/mol. The van der Waals surface area contributed by atoms with Gasteiger partial charge in [-0.1, -0.05) is 6.07 Å². The maximum absolute atomic E-state index is 11.8. The van der Waals surface area contributed by atoms with Crippen molar-refractivity contribution < 1.29 is 18.0 Å². The second-order valence-corrected chi connectivity index (χ2v) is 3.46. The van der Waals surface area contributed by atoms with Crippen LogP contribution in [0.15, 0.2) is 22.8 Å². The van der Waals surface area contributed by atoms with Gasteiger partial charge in [0.15, 0.2) is 0 Å². The highest BCUT2D eigenvalue weighted by molar-refractivity contribution is 9.10. The van der Waals surface area contributed by atoms with Crippen LogP contribution in [0.3, 0.4) is 0 Å². The number of rotatable bonds is 2. The number of hydrogen-bond donors (Lipinski definition) is 1. The Balaban J connectivity index is 2.62. The van der Waals surface area contributed by atoms with Crippen LogP contribution in [0, 0.1) is 0 Å². The van der Waals surface area contributed by atoms with E-state index in [1.807, 2.05) is 0 Å². The zero-order valence-electron chi connectivity index (χ0n) is 7.31. The maximum Gasteiger partial charge on any atom is 0.405 e. The maximum atomic E-state index is 11.8. The first-order valence-electron chi connectivity index (χ1n) is 3.86. The third-order valence-electron chi connectivity index (χ3n) is 1.40. The van der Waals surface area contributed by atoms with E-state index < -0.39 is 18.6 Å². The van der Waals surface area contributed by atoms with E-state index in [-0.39, 0.29) is 5.69 Å². The summed E-state index contributed by atoms with van der Waals surface area (Å²) >= 11 is 3.01. The molecule has 0 spiro atoms. The first-order valence-corrected chi connectivity index (χ1v) is 4.65. The van der Waals surface area contributed by atoms with Gasteiger partial charge in [0.25, 0.3) is 5.91 Å². The monoisotopic (exact) mass is 282 g/mol. The molecule has 0 aliphatic heterocycles. The number of hydrogen-bond acceptors (Lipinski definition) is 2. The number of carbonyl (C=O) groups is 1. The summed E-state index contributed by atoms with van der Waals surface area (Å²) in [6.45, 7) is -1.36. The molecule has 0 aliphatic rings. The summed E-state index contributed by atoms with van der Waals surface area (Å²) in [5.41, 5.74) is -0.0615. The molecule has 82 valence electrons. The van der Waals surface area contributed by atoms with Crippen LogP contribution in [0.1, 0.15) is 10.5 Å². The number of aromatic nitrogens is 1. The number of nitrogens with zero attached hydrogens (tertiary/aromatic N) is 1. The van der Waals surface area contributed by atoms with Gasteiger partial charge in [-0.05, 0) is 28.1 Å². The Kier molecular flexibility index (Phi) is 3.67. The quantitative estimate of drug-likeness (QED) is 0.845. The Labute approximate surface area is 91.8 Å². The van der Waals surface area contributed by atoms with Crippen LogP contribution < -0.4 is 5.32 Å². The zero-order valence-corrected chi connectivity index (χ0v) is 8.89. The number of nitrogens with one attached hydrogen (secondary N) is 1. The predicted octanol–water partition coefficient (Wildman–Crippen LogP) is 2.14. The second kappa shape index (κ2) is 4.61. The van der Waals surface area contributed by atoms with E-state index in [2.05, 4.69) is 20.9 Å². The molecular formula is C8H6BrF3N2O. The molecule has 1 aromatic rings. The fourth-order valence-corrected chi connectivity index (χ4v) is 1.15. The Morgan fingerprint density at radius 2 is 2.13 bits per heavy atom. The van der Waals surface area contributed by atoms with Crippen molar-refractivity contribution in [3.63, 3.8) is 0 Å². The van der Waals surface area contributed by atoms with Gasteiger partial charge >= 0.3 is 6.18 Å². The smallest absolute Gasteiger partial charge is 0.342 e. The van der Waals surface area contributed by atoms with E-state index in [9.17, 15) is 18.0 Å². The van der Waals surface area contributed by atoms with E-state index in [4.69, 9.17) is 0 Å². The van der Waals surface area contributed by atoms with Gasteiger partial charge in [-0.2, -0.15) is 13.2 Å². The van der Waals surface area contributed by atoms with Gasteiger partial charge in [0.05, 0.1) is 0 Å². The van der Waals surface area contributed by atoms with Crippen LogP contribution in [0.5, 0.6) is 0 Å². The SMILES string of the molecule is O=C(NCC(F)(F)F)c1cccc(Br)n1. The number of carbonyl (C=O) groups excluding carboxylic acids is 1. The minimum atomic E-state index is -4.42.